The SMILES string of the molecule is CC(C)CN1CCC2(CC1)NC(=O)N(C1CCCN(C(=O)Cc3ccccc3)C1)C2=O. The lowest BCUT2D eigenvalue weighted by Crippen LogP contribution is -2.56. The van der Waals surface area contributed by atoms with Crippen LogP contribution in [0.5, 0.6) is 0 Å². The molecule has 0 aliphatic carbocycles. The molecule has 7 heteroatoms. The van der Waals surface area contributed by atoms with E-state index in [9.17, 15) is 14.4 Å². The van der Waals surface area contributed by atoms with Gasteiger partial charge < -0.3 is 15.1 Å². The molecule has 1 N–H and O–H groups in total. The van der Waals surface area contributed by atoms with Gasteiger partial charge in [0.05, 0.1) is 12.5 Å². The van der Waals surface area contributed by atoms with Gasteiger partial charge in [-0.15, -0.1) is 0 Å². The number of hydrogen-bond acceptors (Lipinski definition) is 4. The van der Waals surface area contributed by atoms with Crippen LogP contribution in [0.15, 0.2) is 30.3 Å². The molecular weight excluding hydrogens is 392 g/mol. The van der Waals surface area contributed by atoms with Crippen LogP contribution in [0.1, 0.15) is 45.1 Å². The molecule has 0 bridgehead atoms. The minimum Gasteiger partial charge on any atom is -0.340 e. The lowest BCUT2D eigenvalue weighted by atomic mass is 9.86. The van der Waals surface area contributed by atoms with Crippen LogP contribution in [0.2, 0.25) is 0 Å². The van der Waals surface area contributed by atoms with Crippen LogP contribution in [0.25, 0.3) is 0 Å². The monoisotopic (exact) mass is 426 g/mol. The molecule has 4 amide bonds. The van der Waals surface area contributed by atoms with Gasteiger partial charge in [-0.2, -0.15) is 0 Å². The van der Waals surface area contributed by atoms with Crippen LogP contribution in [0, 0.1) is 5.92 Å². The van der Waals surface area contributed by atoms with E-state index in [1.807, 2.05) is 35.2 Å². The molecule has 7 nitrogen and oxygen atoms in total. The van der Waals surface area contributed by atoms with Crippen LogP contribution in [0.4, 0.5) is 4.79 Å². The number of amides is 4. The summed E-state index contributed by atoms with van der Waals surface area (Å²) in [4.78, 5) is 44.7. The van der Waals surface area contributed by atoms with Gasteiger partial charge in [-0.25, -0.2) is 4.79 Å². The molecule has 1 aromatic carbocycles. The number of piperidine rings is 2. The molecule has 1 aromatic rings. The van der Waals surface area contributed by atoms with Crippen molar-refractivity contribution < 1.29 is 14.4 Å². The van der Waals surface area contributed by atoms with Crippen molar-refractivity contribution in [2.45, 2.75) is 57.5 Å². The van der Waals surface area contributed by atoms with Gasteiger partial charge in [0.1, 0.15) is 5.54 Å². The average molecular weight is 427 g/mol. The Morgan fingerprint density at radius 2 is 1.84 bits per heavy atom. The number of likely N-dealkylation sites (tertiary alicyclic amines) is 2. The minimum atomic E-state index is -0.763. The van der Waals surface area contributed by atoms with Crippen LogP contribution < -0.4 is 5.32 Å². The van der Waals surface area contributed by atoms with Gasteiger partial charge in [0, 0.05) is 32.7 Å². The molecule has 1 unspecified atom stereocenters. The molecule has 0 saturated carbocycles. The molecule has 3 aliphatic heterocycles. The van der Waals surface area contributed by atoms with E-state index >= 15 is 0 Å². The number of imide groups is 1. The maximum Gasteiger partial charge on any atom is 0.325 e. The van der Waals surface area contributed by atoms with E-state index in [1.165, 1.54) is 4.90 Å². The van der Waals surface area contributed by atoms with E-state index in [-0.39, 0.29) is 23.9 Å². The van der Waals surface area contributed by atoms with Gasteiger partial charge in [-0.3, -0.25) is 14.5 Å². The Bertz CT molecular complexity index is 817. The van der Waals surface area contributed by atoms with Crippen molar-refractivity contribution >= 4 is 17.8 Å². The first kappa shape index (κ1) is 21.8. The average Bonchev–Trinajstić information content (AvgIpc) is 2.99. The fourth-order valence-corrected chi connectivity index (χ4v) is 5.22. The minimum absolute atomic E-state index is 0.0552. The van der Waals surface area contributed by atoms with Crippen molar-refractivity contribution in [2.24, 2.45) is 5.92 Å². The molecular formula is C24H34N4O3. The predicted octanol–water partition coefficient (Wildman–Crippen LogP) is 2.26. The maximum atomic E-state index is 13.4. The van der Waals surface area contributed by atoms with Crippen LogP contribution in [-0.4, -0.2) is 76.8 Å². The molecule has 3 fully saturated rings. The highest BCUT2D eigenvalue weighted by Gasteiger charge is 2.54. The molecule has 168 valence electrons. The van der Waals surface area contributed by atoms with E-state index in [2.05, 4.69) is 24.1 Å². The largest absolute Gasteiger partial charge is 0.340 e. The number of urea groups is 1. The molecule has 31 heavy (non-hydrogen) atoms. The third kappa shape index (κ3) is 4.61. The van der Waals surface area contributed by atoms with Crippen molar-refractivity contribution in [3.63, 3.8) is 0 Å². The summed E-state index contributed by atoms with van der Waals surface area (Å²) in [7, 11) is 0. The first-order chi connectivity index (χ1) is 14.9. The standard InChI is InChI=1S/C24H34N4O3/c1-18(2)16-26-13-10-24(11-14-26)22(30)28(23(31)25-24)20-9-6-12-27(17-20)21(29)15-19-7-4-3-5-8-19/h3-5,7-8,18,20H,6,9-17H2,1-2H3,(H,25,31). The van der Waals surface area contributed by atoms with E-state index in [0.717, 1.165) is 38.0 Å². The van der Waals surface area contributed by atoms with Gasteiger partial charge in [0.25, 0.3) is 5.91 Å². The number of nitrogens with zero attached hydrogens (tertiary/aromatic N) is 3. The molecule has 0 radical (unpaired) electrons. The summed E-state index contributed by atoms with van der Waals surface area (Å²) < 4.78 is 0. The number of rotatable bonds is 5. The van der Waals surface area contributed by atoms with E-state index < -0.39 is 5.54 Å². The molecule has 3 saturated heterocycles. The molecule has 1 spiro atoms. The van der Waals surface area contributed by atoms with Crippen molar-refractivity contribution in [1.29, 1.82) is 0 Å². The van der Waals surface area contributed by atoms with Gasteiger partial charge in [0.15, 0.2) is 0 Å². The van der Waals surface area contributed by atoms with E-state index in [0.29, 0.717) is 38.3 Å². The second kappa shape index (κ2) is 8.99. The zero-order valence-corrected chi connectivity index (χ0v) is 18.7. The summed E-state index contributed by atoms with van der Waals surface area (Å²) in [6, 6.07) is 9.17. The summed E-state index contributed by atoms with van der Waals surface area (Å²) in [5.74, 6) is 0.546. The molecule has 0 aromatic heterocycles. The van der Waals surface area contributed by atoms with Crippen LogP contribution >= 0.6 is 0 Å². The van der Waals surface area contributed by atoms with Crippen molar-refractivity contribution in [3.8, 4) is 0 Å². The first-order valence-corrected chi connectivity index (χ1v) is 11.6. The quantitative estimate of drug-likeness (QED) is 0.733. The molecule has 3 heterocycles. The number of benzene rings is 1. The van der Waals surface area contributed by atoms with Gasteiger partial charge >= 0.3 is 6.03 Å². The van der Waals surface area contributed by atoms with E-state index in [1.54, 1.807) is 0 Å². The second-order valence-electron chi connectivity index (χ2n) is 9.68. The first-order valence-electron chi connectivity index (χ1n) is 11.6. The Morgan fingerprint density at radius 1 is 1.13 bits per heavy atom. The van der Waals surface area contributed by atoms with Crippen molar-refractivity contribution in [1.82, 2.24) is 20.0 Å². The zero-order chi connectivity index (χ0) is 22.0. The lowest BCUT2D eigenvalue weighted by Gasteiger charge is -2.39. The van der Waals surface area contributed by atoms with E-state index in [4.69, 9.17) is 0 Å². The predicted molar refractivity (Wildman–Crippen MR) is 118 cm³/mol. The Labute approximate surface area is 184 Å². The lowest BCUT2D eigenvalue weighted by molar-refractivity contribution is -0.139. The van der Waals surface area contributed by atoms with Gasteiger partial charge in [-0.05, 0) is 37.2 Å². The summed E-state index contributed by atoms with van der Waals surface area (Å²) in [6.45, 7) is 8.17. The molecule has 1 atom stereocenters. The highest BCUT2D eigenvalue weighted by molar-refractivity contribution is 6.07. The topological polar surface area (TPSA) is 73.0 Å². The fraction of sp³-hybridized carbons (Fsp3) is 0.625. The summed E-state index contributed by atoms with van der Waals surface area (Å²) in [5.41, 5.74) is 0.220. The Hall–Kier alpha value is -2.41. The summed E-state index contributed by atoms with van der Waals surface area (Å²) in [5, 5.41) is 3.03. The van der Waals surface area contributed by atoms with Gasteiger partial charge in [0.2, 0.25) is 5.91 Å². The molecule has 3 aliphatic rings. The Morgan fingerprint density at radius 3 is 2.52 bits per heavy atom. The number of hydrogen-bond donors (Lipinski definition) is 1. The zero-order valence-electron chi connectivity index (χ0n) is 18.7. The maximum absolute atomic E-state index is 13.4. The van der Waals surface area contributed by atoms with Gasteiger partial charge in [-0.1, -0.05) is 44.2 Å². The third-order valence-corrected chi connectivity index (χ3v) is 6.84. The van der Waals surface area contributed by atoms with Crippen molar-refractivity contribution in [2.75, 3.05) is 32.7 Å². The van der Waals surface area contributed by atoms with Crippen LogP contribution in [-0.2, 0) is 16.0 Å². The fourth-order valence-electron chi connectivity index (χ4n) is 5.22. The highest BCUT2D eigenvalue weighted by Crippen LogP contribution is 2.32. The smallest absolute Gasteiger partial charge is 0.325 e. The normalized spacial score (nSPS) is 24.2. The molecule has 4 rings (SSSR count). The third-order valence-electron chi connectivity index (χ3n) is 6.84. The number of carbonyl (C=O) groups excluding carboxylic acids is 3. The Kier molecular flexibility index (Phi) is 6.32. The van der Waals surface area contributed by atoms with Crippen molar-refractivity contribution in [3.05, 3.63) is 35.9 Å². The summed E-state index contributed by atoms with van der Waals surface area (Å²) in [6.07, 6.45) is 3.22. The number of carbonyl (C=O) groups is 3. The number of nitrogens with one attached hydrogen (secondary N) is 1. The van der Waals surface area contributed by atoms with Crippen LogP contribution in [0.3, 0.4) is 0 Å². The second-order valence-corrected chi connectivity index (χ2v) is 9.68. The highest BCUT2D eigenvalue weighted by atomic mass is 16.2. The Balaban J connectivity index is 1.39. The summed E-state index contributed by atoms with van der Waals surface area (Å²) >= 11 is 0.